The van der Waals surface area contributed by atoms with Gasteiger partial charge in [0, 0.05) is 22.1 Å². The first-order chi connectivity index (χ1) is 8.68. The van der Waals surface area contributed by atoms with Crippen LogP contribution in [0.15, 0.2) is 53.0 Å². The van der Waals surface area contributed by atoms with Gasteiger partial charge in [0.05, 0.1) is 0 Å². The largest absolute Gasteiger partial charge is 0.306 e. The van der Waals surface area contributed by atoms with Gasteiger partial charge in [0.2, 0.25) is 0 Å². The van der Waals surface area contributed by atoms with Crippen LogP contribution < -0.4 is 5.32 Å². The second-order valence-electron chi connectivity index (χ2n) is 4.22. The quantitative estimate of drug-likeness (QED) is 0.838. The Morgan fingerprint density at radius 2 is 1.78 bits per heavy atom. The van der Waals surface area contributed by atoms with Crippen LogP contribution in [0.2, 0.25) is 5.02 Å². The molecule has 0 aromatic heterocycles. The molecular weight excluding hydrogens is 310 g/mol. The molecular formula is C15H15BrClN. The van der Waals surface area contributed by atoms with Crippen molar-refractivity contribution in [3.8, 4) is 0 Å². The van der Waals surface area contributed by atoms with Gasteiger partial charge in [-0.3, -0.25) is 0 Å². The highest BCUT2D eigenvalue weighted by atomic mass is 79.9. The predicted molar refractivity (Wildman–Crippen MR) is 80.8 cm³/mol. The summed E-state index contributed by atoms with van der Waals surface area (Å²) >= 11 is 9.73. The Kier molecular flexibility index (Phi) is 4.81. The van der Waals surface area contributed by atoms with E-state index < -0.39 is 0 Å². The summed E-state index contributed by atoms with van der Waals surface area (Å²) in [5, 5.41) is 4.29. The van der Waals surface area contributed by atoms with Crippen LogP contribution >= 0.6 is 27.5 Å². The van der Waals surface area contributed by atoms with Crippen LogP contribution in [0.25, 0.3) is 0 Å². The Balaban J connectivity index is 2.03. The fourth-order valence-electron chi connectivity index (χ4n) is 1.84. The second kappa shape index (κ2) is 6.37. The van der Waals surface area contributed by atoms with E-state index in [1.54, 1.807) is 0 Å². The molecule has 2 rings (SSSR count). The van der Waals surface area contributed by atoms with Gasteiger partial charge in [-0.05, 0) is 30.2 Å². The molecule has 2 aromatic carbocycles. The Morgan fingerprint density at radius 3 is 2.50 bits per heavy atom. The van der Waals surface area contributed by atoms with Gasteiger partial charge in [0.15, 0.2) is 0 Å². The van der Waals surface area contributed by atoms with E-state index in [2.05, 4.69) is 46.4 Å². The van der Waals surface area contributed by atoms with Crippen LogP contribution in [-0.4, -0.2) is 0 Å². The zero-order chi connectivity index (χ0) is 13.0. The SMILES string of the molecule is C[C@H](NCc1ccccc1Br)c1ccccc1Cl. The van der Waals surface area contributed by atoms with Crippen molar-refractivity contribution in [3.05, 3.63) is 69.2 Å². The van der Waals surface area contributed by atoms with Crippen molar-refractivity contribution >= 4 is 27.5 Å². The topological polar surface area (TPSA) is 12.0 Å². The molecule has 1 N–H and O–H groups in total. The first kappa shape index (κ1) is 13.6. The Labute approximate surface area is 121 Å². The maximum Gasteiger partial charge on any atom is 0.0453 e. The summed E-state index contributed by atoms with van der Waals surface area (Å²) < 4.78 is 1.13. The maximum atomic E-state index is 6.18. The monoisotopic (exact) mass is 323 g/mol. The molecule has 3 heteroatoms. The van der Waals surface area contributed by atoms with Gasteiger partial charge in [-0.1, -0.05) is 63.9 Å². The molecule has 0 spiro atoms. The molecule has 18 heavy (non-hydrogen) atoms. The predicted octanol–water partition coefficient (Wildman–Crippen LogP) is 4.95. The average Bonchev–Trinajstić information content (AvgIpc) is 2.38. The molecule has 1 atom stereocenters. The number of rotatable bonds is 4. The number of halogens is 2. The normalized spacial score (nSPS) is 12.4. The summed E-state index contributed by atoms with van der Waals surface area (Å²) in [7, 11) is 0. The van der Waals surface area contributed by atoms with E-state index >= 15 is 0 Å². The molecule has 0 radical (unpaired) electrons. The lowest BCUT2D eigenvalue weighted by Gasteiger charge is -2.16. The highest BCUT2D eigenvalue weighted by Gasteiger charge is 2.08. The van der Waals surface area contributed by atoms with Crippen LogP contribution in [-0.2, 0) is 6.54 Å². The average molecular weight is 325 g/mol. The molecule has 0 fully saturated rings. The van der Waals surface area contributed by atoms with Crippen molar-refractivity contribution in [3.63, 3.8) is 0 Å². The first-order valence-electron chi connectivity index (χ1n) is 5.89. The van der Waals surface area contributed by atoms with E-state index in [0.717, 1.165) is 21.6 Å². The van der Waals surface area contributed by atoms with Crippen molar-refractivity contribution in [2.24, 2.45) is 0 Å². The van der Waals surface area contributed by atoms with E-state index in [4.69, 9.17) is 11.6 Å². The molecule has 0 saturated carbocycles. The van der Waals surface area contributed by atoms with Crippen LogP contribution in [0.1, 0.15) is 24.1 Å². The highest BCUT2D eigenvalue weighted by Crippen LogP contribution is 2.23. The van der Waals surface area contributed by atoms with Crippen LogP contribution in [0.5, 0.6) is 0 Å². The maximum absolute atomic E-state index is 6.18. The van der Waals surface area contributed by atoms with Crippen molar-refractivity contribution in [2.75, 3.05) is 0 Å². The molecule has 0 unspecified atom stereocenters. The zero-order valence-corrected chi connectivity index (χ0v) is 12.5. The smallest absolute Gasteiger partial charge is 0.0453 e. The second-order valence-corrected chi connectivity index (χ2v) is 5.48. The molecule has 0 amide bonds. The van der Waals surface area contributed by atoms with Crippen molar-refractivity contribution in [2.45, 2.75) is 19.5 Å². The van der Waals surface area contributed by atoms with E-state index in [0.29, 0.717) is 0 Å². The molecule has 0 bridgehead atoms. The molecule has 0 aliphatic carbocycles. The summed E-state index contributed by atoms with van der Waals surface area (Å²) in [6, 6.07) is 16.4. The lowest BCUT2D eigenvalue weighted by atomic mass is 10.1. The third kappa shape index (κ3) is 3.35. The summed E-state index contributed by atoms with van der Waals surface area (Å²) in [5.41, 5.74) is 2.38. The van der Waals surface area contributed by atoms with Crippen LogP contribution in [0.4, 0.5) is 0 Å². The summed E-state index contributed by atoms with van der Waals surface area (Å²) in [5.74, 6) is 0. The van der Waals surface area contributed by atoms with Gasteiger partial charge in [-0.2, -0.15) is 0 Å². The van der Waals surface area contributed by atoms with Gasteiger partial charge in [0.1, 0.15) is 0 Å². The molecule has 0 saturated heterocycles. The van der Waals surface area contributed by atoms with Crippen molar-refractivity contribution < 1.29 is 0 Å². The standard InChI is InChI=1S/C15H15BrClN/c1-11(13-7-3-5-9-15(13)17)18-10-12-6-2-4-8-14(12)16/h2-9,11,18H,10H2,1H3/t11-/m0/s1. The van der Waals surface area contributed by atoms with Crippen LogP contribution in [0, 0.1) is 0 Å². The van der Waals surface area contributed by atoms with Gasteiger partial charge >= 0.3 is 0 Å². The van der Waals surface area contributed by atoms with Gasteiger partial charge < -0.3 is 5.32 Å². The summed E-state index contributed by atoms with van der Waals surface area (Å²) in [6.45, 7) is 2.94. The Morgan fingerprint density at radius 1 is 1.11 bits per heavy atom. The van der Waals surface area contributed by atoms with E-state index in [1.165, 1.54) is 5.56 Å². The van der Waals surface area contributed by atoms with Gasteiger partial charge in [-0.25, -0.2) is 0 Å². The number of nitrogens with one attached hydrogen (secondary N) is 1. The van der Waals surface area contributed by atoms with E-state index in [1.807, 2.05) is 30.3 Å². The molecule has 1 nitrogen and oxygen atoms in total. The number of hydrogen-bond acceptors (Lipinski definition) is 1. The van der Waals surface area contributed by atoms with Gasteiger partial charge in [0.25, 0.3) is 0 Å². The molecule has 94 valence electrons. The minimum atomic E-state index is 0.228. The zero-order valence-electron chi connectivity index (χ0n) is 10.2. The number of benzene rings is 2. The lowest BCUT2D eigenvalue weighted by Crippen LogP contribution is -2.18. The van der Waals surface area contributed by atoms with E-state index in [9.17, 15) is 0 Å². The van der Waals surface area contributed by atoms with Crippen molar-refractivity contribution in [1.29, 1.82) is 0 Å². The minimum Gasteiger partial charge on any atom is -0.306 e. The third-order valence-corrected chi connectivity index (χ3v) is 4.05. The highest BCUT2D eigenvalue weighted by molar-refractivity contribution is 9.10. The molecule has 0 heterocycles. The summed E-state index contributed by atoms with van der Waals surface area (Å²) in [6.07, 6.45) is 0. The van der Waals surface area contributed by atoms with Crippen LogP contribution in [0.3, 0.4) is 0 Å². The van der Waals surface area contributed by atoms with E-state index in [-0.39, 0.29) is 6.04 Å². The summed E-state index contributed by atoms with van der Waals surface area (Å²) in [4.78, 5) is 0. The Hall–Kier alpha value is -0.830. The van der Waals surface area contributed by atoms with Crippen molar-refractivity contribution in [1.82, 2.24) is 5.32 Å². The fraction of sp³-hybridized carbons (Fsp3) is 0.200. The molecule has 0 aliphatic heterocycles. The Bertz CT molecular complexity index is 527. The lowest BCUT2D eigenvalue weighted by molar-refractivity contribution is 0.574. The fourth-order valence-corrected chi connectivity index (χ4v) is 2.57. The minimum absolute atomic E-state index is 0.228. The van der Waals surface area contributed by atoms with Gasteiger partial charge in [-0.15, -0.1) is 0 Å². The third-order valence-electron chi connectivity index (χ3n) is 2.93. The number of hydrogen-bond donors (Lipinski definition) is 1. The molecule has 2 aromatic rings. The molecule has 0 aliphatic rings. The first-order valence-corrected chi connectivity index (χ1v) is 7.07.